The molecule has 0 aliphatic heterocycles. The predicted molar refractivity (Wildman–Crippen MR) is 87.2 cm³/mol. The molecule has 0 bridgehead atoms. The van der Waals surface area contributed by atoms with Gasteiger partial charge in [-0.1, -0.05) is 0 Å². The average molecular weight is 307 g/mol. The van der Waals surface area contributed by atoms with Gasteiger partial charge in [-0.15, -0.1) is 0 Å². The van der Waals surface area contributed by atoms with Gasteiger partial charge in [-0.05, 0) is 38.3 Å². The lowest BCUT2D eigenvalue weighted by atomic mass is 10.3. The summed E-state index contributed by atoms with van der Waals surface area (Å²) in [7, 11) is 0. The molecule has 0 fully saturated rings. The quantitative estimate of drug-likeness (QED) is 0.772. The standard InChI is InChI=1S/C13H21N7S/c1-4-14-11-17-12(16-10(2)6-9-21-3)19-13(18-11)20-8-5-7-15-20/h5,7-8,10H,4,6,9H2,1-3H3,(H2,14,16,17,18,19). The van der Waals surface area contributed by atoms with E-state index < -0.39 is 0 Å². The SMILES string of the molecule is CCNc1nc(NC(C)CCSC)nc(-n2cccn2)n1. The van der Waals surface area contributed by atoms with E-state index in [-0.39, 0.29) is 0 Å². The summed E-state index contributed by atoms with van der Waals surface area (Å²) in [5, 5.41) is 10.6. The normalized spacial score (nSPS) is 12.1. The molecule has 2 aromatic heterocycles. The minimum atomic E-state index is 0.305. The van der Waals surface area contributed by atoms with E-state index in [0.717, 1.165) is 18.7 Å². The van der Waals surface area contributed by atoms with E-state index in [4.69, 9.17) is 0 Å². The Labute approximate surface area is 129 Å². The van der Waals surface area contributed by atoms with Crippen LogP contribution in [-0.2, 0) is 0 Å². The minimum absolute atomic E-state index is 0.305. The van der Waals surface area contributed by atoms with Crippen molar-refractivity contribution in [1.29, 1.82) is 0 Å². The van der Waals surface area contributed by atoms with Gasteiger partial charge in [0.2, 0.25) is 11.9 Å². The zero-order valence-corrected chi connectivity index (χ0v) is 13.4. The minimum Gasteiger partial charge on any atom is -0.354 e. The van der Waals surface area contributed by atoms with Crippen LogP contribution in [0.15, 0.2) is 18.5 Å². The first-order valence-corrected chi connectivity index (χ1v) is 8.37. The Morgan fingerprint density at radius 3 is 2.76 bits per heavy atom. The summed E-state index contributed by atoms with van der Waals surface area (Å²) in [6.07, 6.45) is 6.67. The molecule has 0 radical (unpaired) electrons. The number of anilines is 2. The zero-order valence-electron chi connectivity index (χ0n) is 12.6. The van der Waals surface area contributed by atoms with Crippen molar-refractivity contribution in [3.8, 4) is 5.95 Å². The van der Waals surface area contributed by atoms with Crippen LogP contribution in [0.25, 0.3) is 5.95 Å². The summed E-state index contributed by atoms with van der Waals surface area (Å²) in [4.78, 5) is 13.2. The van der Waals surface area contributed by atoms with E-state index in [2.05, 4.69) is 43.9 Å². The van der Waals surface area contributed by atoms with Crippen LogP contribution in [0.3, 0.4) is 0 Å². The van der Waals surface area contributed by atoms with Gasteiger partial charge < -0.3 is 10.6 Å². The summed E-state index contributed by atoms with van der Waals surface area (Å²) in [5.41, 5.74) is 0. The molecule has 0 aromatic carbocycles. The van der Waals surface area contributed by atoms with Crippen LogP contribution < -0.4 is 10.6 Å². The lowest BCUT2D eigenvalue weighted by molar-refractivity contribution is 0.745. The van der Waals surface area contributed by atoms with E-state index in [0.29, 0.717) is 23.9 Å². The highest BCUT2D eigenvalue weighted by Crippen LogP contribution is 2.11. The monoisotopic (exact) mass is 307 g/mol. The molecule has 1 atom stereocenters. The van der Waals surface area contributed by atoms with Gasteiger partial charge in [-0.25, -0.2) is 4.68 Å². The fourth-order valence-electron chi connectivity index (χ4n) is 1.74. The van der Waals surface area contributed by atoms with Crippen molar-refractivity contribution < 1.29 is 0 Å². The second-order valence-corrected chi connectivity index (χ2v) is 5.58. The summed E-state index contributed by atoms with van der Waals surface area (Å²) in [6.45, 7) is 4.89. The number of hydrogen-bond donors (Lipinski definition) is 2. The Morgan fingerprint density at radius 1 is 1.29 bits per heavy atom. The summed E-state index contributed by atoms with van der Waals surface area (Å²) in [6, 6.07) is 2.14. The number of aromatic nitrogens is 5. The van der Waals surface area contributed by atoms with E-state index in [1.807, 2.05) is 30.9 Å². The molecule has 2 heterocycles. The largest absolute Gasteiger partial charge is 0.354 e. The second kappa shape index (κ2) is 7.82. The molecule has 114 valence electrons. The Morgan fingerprint density at radius 2 is 2.10 bits per heavy atom. The van der Waals surface area contributed by atoms with Crippen molar-refractivity contribution >= 4 is 23.7 Å². The van der Waals surface area contributed by atoms with Gasteiger partial charge in [-0.3, -0.25) is 0 Å². The van der Waals surface area contributed by atoms with Gasteiger partial charge in [0.1, 0.15) is 0 Å². The molecule has 0 aliphatic carbocycles. The number of nitrogens with zero attached hydrogens (tertiary/aromatic N) is 5. The van der Waals surface area contributed by atoms with E-state index in [1.54, 1.807) is 10.9 Å². The van der Waals surface area contributed by atoms with Gasteiger partial charge in [0.15, 0.2) is 0 Å². The number of nitrogens with one attached hydrogen (secondary N) is 2. The van der Waals surface area contributed by atoms with E-state index >= 15 is 0 Å². The van der Waals surface area contributed by atoms with Gasteiger partial charge >= 0.3 is 0 Å². The molecule has 0 saturated carbocycles. The Bertz CT molecular complexity index is 543. The molecule has 0 saturated heterocycles. The van der Waals surface area contributed by atoms with Gasteiger partial charge in [-0.2, -0.15) is 31.8 Å². The summed E-state index contributed by atoms with van der Waals surface area (Å²) >= 11 is 1.83. The Kier molecular flexibility index (Phi) is 5.79. The maximum Gasteiger partial charge on any atom is 0.257 e. The van der Waals surface area contributed by atoms with Crippen LogP contribution in [0.4, 0.5) is 11.9 Å². The smallest absolute Gasteiger partial charge is 0.257 e. The van der Waals surface area contributed by atoms with Crippen LogP contribution in [0.1, 0.15) is 20.3 Å². The van der Waals surface area contributed by atoms with Crippen molar-refractivity contribution in [1.82, 2.24) is 24.7 Å². The first-order chi connectivity index (χ1) is 10.2. The summed E-state index contributed by atoms with van der Waals surface area (Å²) < 4.78 is 1.63. The fraction of sp³-hybridized carbons (Fsp3) is 0.538. The van der Waals surface area contributed by atoms with Crippen LogP contribution >= 0.6 is 11.8 Å². The molecule has 7 nitrogen and oxygen atoms in total. The molecule has 2 aromatic rings. The van der Waals surface area contributed by atoms with Crippen molar-refractivity contribution in [3.63, 3.8) is 0 Å². The van der Waals surface area contributed by atoms with Crippen LogP contribution in [-0.4, -0.2) is 49.3 Å². The molecule has 0 amide bonds. The third-order valence-corrected chi connectivity index (χ3v) is 3.44. The van der Waals surface area contributed by atoms with Gasteiger partial charge in [0, 0.05) is 25.0 Å². The molecule has 0 spiro atoms. The highest BCUT2D eigenvalue weighted by molar-refractivity contribution is 7.98. The third-order valence-electron chi connectivity index (χ3n) is 2.80. The molecule has 1 unspecified atom stereocenters. The van der Waals surface area contributed by atoms with Gasteiger partial charge in [0.25, 0.3) is 5.95 Å². The molecular weight excluding hydrogens is 286 g/mol. The van der Waals surface area contributed by atoms with Crippen LogP contribution in [0.5, 0.6) is 0 Å². The molecule has 21 heavy (non-hydrogen) atoms. The highest BCUT2D eigenvalue weighted by atomic mass is 32.2. The molecule has 8 heteroatoms. The van der Waals surface area contributed by atoms with Crippen LogP contribution in [0.2, 0.25) is 0 Å². The predicted octanol–water partition coefficient (Wildman–Crippen LogP) is 2.04. The summed E-state index contributed by atoms with van der Waals surface area (Å²) in [5.74, 6) is 2.73. The highest BCUT2D eigenvalue weighted by Gasteiger charge is 2.10. The Balaban J connectivity index is 2.19. The topological polar surface area (TPSA) is 80.5 Å². The van der Waals surface area contributed by atoms with Crippen molar-refractivity contribution in [2.45, 2.75) is 26.3 Å². The first kappa shape index (κ1) is 15.6. The number of hydrogen-bond acceptors (Lipinski definition) is 7. The first-order valence-electron chi connectivity index (χ1n) is 6.98. The number of thioether (sulfide) groups is 1. The van der Waals surface area contributed by atoms with Crippen molar-refractivity contribution in [2.24, 2.45) is 0 Å². The van der Waals surface area contributed by atoms with E-state index in [9.17, 15) is 0 Å². The third kappa shape index (κ3) is 4.59. The van der Waals surface area contributed by atoms with Crippen molar-refractivity contribution in [3.05, 3.63) is 18.5 Å². The molecule has 0 aliphatic rings. The maximum absolute atomic E-state index is 4.43. The van der Waals surface area contributed by atoms with Gasteiger partial charge in [0.05, 0.1) is 0 Å². The fourth-order valence-corrected chi connectivity index (χ4v) is 2.33. The van der Waals surface area contributed by atoms with E-state index in [1.165, 1.54) is 0 Å². The Hall–Kier alpha value is -1.83. The maximum atomic E-state index is 4.43. The van der Waals surface area contributed by atoms with Crippen LogP contribution in [0, 0.1) is 0 Å². The van der Waals surface area contributed by atoms with Crippen molar-refractivity contribution in [2.75, 3.05) is 29.2 Å². The average Bonchev–Trinajstić information content (AvgIpc) is 2.99. The number of rotatable bonds is 8. The zero-order chi connectivity index (χ0) is 15.1. The lowest BCUT2D eigenvalue weighted by Gasteiger charge is -2.14. The second-order valence-electron chi connectivity index (χ2n) is 4.59. The molecule has 2 rings (SSSR count). The lowest BCUT2D eigenvalue weighted by Crippen LogP contribution is -2.20. The molecular formula is C13H21N7S. The molecule has 2 N–H and O–H groups in total.